The molecule has 0 aromatic heterocycles. The van der Waals surface area contributed by atoms with Gasteiger partial charge in [-0.3, -0.25) is 0 Å². The van der Waals surface area contributed by atoms with Crippen LogP contribution in [0.1, 0.15) is 24.0 Å². The average molecular weight is 477 g/mol. The Hall–Kier alpha value is -2.20. The van der Waals surface area contributed by atoms with E-state index in [4.69, 9.17) is 19.7 Å². The number of aliphatic hydroxyl groups excluding tert-OH is 4. The van der Waals surface area contributed by atoms with Crippen LogP contribution < -0.4 is 20.1 Å². The molecule has 0 saturated heterocycles. The van der Waals surface area contributed by atoms with Gasteiger partial charge in [-0.05, 0) is 74.2 Å². The summed E-state index contributed by atoms with van der Waals surface area (Å²) in [5.74, 6) is 1.68. The first-order chi connectivity index (χ1) is 16.5. The van der Waals surface area contributed by atoms with E-state index in [-0.39, 0.29) is 13.2 Å². The van der Waals surface area contributed by atoms with Crippen LogP contribution in [-0.2, 0) is 0 Å². The van der Waals surface area contributed by atoms with Crippen LogP contribution in [0.25, 0.3) is 11.1 Å². The Morgan fingerprint density at radius 1 is 0.706 bits per heavy atom. The third kappa shape index (κ3) is 9.21. The van der Waals surface area contributed by atoms with Crippen LogP contribution in [0.5, 0.6) is 11.5 Å². The van der Waals surface area contributed by atoms with Gasteiger partial charge in [-0.25, -0.2) is 0 Å². The number of nitrogens with one attached hydrogen (secondary N) is 2. The zero-order valence-corrected chi connectivity index (χ0v) is 20.3. The van der Waals surface area contributed by atoms with E-state index in [9.17, 15) is 10.2 Å². The van der Waals surface area contributed by atoms with Gasteiger partial charge in [0.2, 0.25) is 0 Å². The van der Waals surface area contributed by atoms with Gasteiger partial charge in [-0.15, -0.1) is 0 Å². The molecule has 6 N–H and O–H groups in total. The summed E-state index contributed by atoms with van der Waals surface area (Å²) in [7, 11) is 0. The van der Waals surface area contributed by atoms with E-state index in [2.05, 4.69) is 36.6 Å². The van der Waals surface area contributed by atoms with Crippen LogP contribution in [0.15, 0.2) is 36.4 Å². The van der Waals surface area contributed by atoms with E-state index in [0.717, 1.165) is 46.6 Å². The second kappa shape index (κ2) is 15.7. The number of aliphatic hydroxyl groups is 4. The fraction of sp³-hybridized carbons (Fsp3) is 0.538. The van der Waals surface area contributed by atoms with Gasteiger partial charge in [0.25, 0.3) is 0 Å². The Morgan fingerprint density at radius 2 is 1.12 bits per heavy atom. The number of benzene rings is 2. The van der Waals surface area contributed by atoms with Gasteiger partial charge in [0.15, 0.2) is 0 Å². The molecule has 2 atom stereocenters. The Morgan fingerprint density at radius 3 is 1.50 bits per heavy atom. The lowest BCUT2D eigenvalue weighted by molar-refractivity contribution is 0.0942. The van der Waals surface area contributed by atoms with E-state index >= 15 is 0 Å². The second-order valence-corrected chi connectivity index (χ2v) is 8.34. The molecule has 0 heterocycles. The summed E-state index contributed by atoms with van der Waals surface area (Å²) in [6.45, 7) is 6.87. The van der Waals surface area contributed by atoms with Crippen LogP contribution in [0.4, 0.5) is 0 Å². The van der Waals surface area contributed by atoms with Gasteiger partial charge < -0.3 is 40.5 Å². The average Bonchev–Trinajstić information content (AvgIpc) is 2.85. The molecule has 2 rings (SSSR count). The molecular formula is C26H40N2O6. The molecule has 0 fully saturated rings. The Bertz CT molecular complexity index is 779. The minimum atomic E-state index is -0.731. The van der Waals surface area contributed by atoms with Gasteiger partial charge in [0.05, 0.1) is 38.6 Å². The highest BCUT2D eigenvalue weighted by atomic mass is 16.5. The highest BCUT2D eigenvalue weighted by Crippen LogP contribution is 2.35. The summed E-state index contributed by atoms with van der Waals surface area (Å²) in [5, 5.41) is 42.5. The van der Waals surface area contributed by atoms with Gasteiger partial charge in [-0.1, -0.05) is 24.3 Å². The van der Waals surface area contributed by atoms with Crippen molar-refractivity contribution in [3.05, 3.63) is 47.5 Å². The maximum atomic E-state index is 9.35. The fourth-order valence-electron chi connectivity index (χ4n) is 3.55. The molecule has 34 heavy (non-hydrogen) atoms. The minimum absolute atomic E-state index is 0.241. The van der Waals surface area contributed by atoms with Crippen molar-refractivity contribution in [1.82, 2.24) is 10.6 Å². The van der Waals surface area contributed by atoms with Crippen molar-refractivity contribution >= 4 is 0 Å². The lowest BCUT2D eigenvalue weighted by Gasteiger charge is -2.17. The van der Waals surface area contributed by atoms with Crippen LogP contribution in [-0.4, -0.2) is 85.2 Å². The SMILES string of the molecule is Cc1c(OCCCNC[C@H](O)CO)cccc1-c1cccc(OCCCNC[C@H](O)CO)c1C. The smallest absolute Gasteiger partial charge is 0.122 e. The highest BCUT2D eigenvalue weighted by molar-refractivity contribution is 5.74. The molecule has 0 amide bonds. The molecule has 0 aliphatic carbocycles. The maximum absolute atomic E-state index is 9.35. The quantitative estimate of drug-likeness (QED) is 0.189. The number of hydrogen-bond donors (Lipinski definition) is 6. The molecular weight excluding hydrogens is 436 g/mol. The summed E-state index contributed by atoms with van der Waals surface area (Å²) < 4.78 is 12.0. The third-order valence-corrected chi connectivity index (χ3v) is 5.55. The van der Waals surface area contributed by atoms with Crippen LogP contribution in [0, 0.1) is 13.8 Å². The summed E-state index contributed by atoms with van der Waals surface area (Å²) in [4.78, 5) is 0. The molecule has 0 saturated carbocycles. The molecule has 2 aromatic rings. The highest BCUT2D eigenvalue weighted by Gasteiger charge is 2.12. The van der Waals surface area contributed by atoms with Crippen molar-refractivity contribution in [2.75, 3.05) is 52.6 Å². The molecule has 2 aromatic carbocycles. The van der Waals surface area contributed by atoms with Crippen molar-refractivity contribution in [3.63, 3.8) is 0 Å². The normalized spacial score (nSPS) is 13.0. The van der Waals surface area contributed by atoms with Crippen molar-refractivity contribution in [3.8, 4) is 22.6 Å². The first kappa shape index (κ1) is 28.0. The third-order valence-electron chi connectivity index (χ3n) is 5.55. The Labute approximate surface area is 202 Å². The zero-order chi connectivity index (χ0) is 24.8. The standard InChI is InChI=1S/C26H40N2O6/c1-19-23(7-3-9-25(19)33-13-5-11-27-15-21(31)17-29)24-8-4-10-26(20(24)2)34-14-6-12-28-16-22(32)18-30/h3-4,7-10,21-22,27-32H,5-6,11-18H2,1-2H3/t21-,22-/m0/s1. The maximum Gasteiger partial charge on any atom is 0.122 e. The lowest BCUT2D eigenvalue weighted by atomic mass is 9.95. The topological polar surface area (TPSA) is 123 Å². The van der Waals surface area contributed by atoms with Crippen molar-refractivity contribution in [2.24, 2.45) is 0 Å². The first-order valence-corrected chi connectivity index (χ1v) is 11.9. The number of hydrogen-bond acceptors (Lipinski definition) is 8. The van der Waals surface area contributed by atoms with E-state index in [1.54, 1.807) is 0 Å². The minimum Gasteiger partial charge on any atom is -0.493 e. The van der Waals surface area contributed by atoms with Gasteiger partial charge in [-0.2, -0.15) is 0 Å². The van der Waals surface area contributed by atoms with Crippen LogP contribution >= 0.6 is 0 Å². The lowest BCUT2D eigenvalue weighted by Crippen LogP contribution is -2.30. The molecule has 0 bridgehead atoms. The summed E-state index contributed by atoms with van der Waals surface area (Å²) in [6.07, 6.45) is 0.117. The predicted molar refractivity (Wildman–Crippen MR) is 134 cm³/mol. The summed E-state index contributed by atoms with van der Waals surface area (Å²) in [6, 6.07) is 12.1. The van der Waals surface area contributed by atoms with E-state index in [1.807, 2.05) is 24.3 Å². The van der Waals surface area contributed by atoms with Crippen molar-refractivity contribution in [2.45, 2.75) is 38.9 Å². The molecule has 0 unspecified atom stereocenters. The van der Waals surface area contributed by atoms with Crippen LogP contribution in [0.2, 0.25) is 0 Å². The summed E-state index contributed by atoms with van der Waals surface area (Å²) in [5.41, 5.74) is 4.34. The van der Waals surface area contributed by atoms with E-state index in [1.165, 1.54) is 0 Å². The largest absolute Gasteiger partial charge is 0.493 e. The molecule has 0 aliphatic rings. The molecule has 0 radical (unpaired) electrons. The molecule has 0 spiro atoms. The Balaban J connectivity index is 1.90. The molecule has 0 aliphatic heterocycles. The summed E-state index contributed by atoms with van der Waals surface area (Å²) >= 11 is 0. The monoisotopic (exact) mass is 476 g/mol. The number of rotatable bonds is 17. The van der Waals surface area contributed by atoms with Gasteiger partial charge in [0.1, 0.15) is 11.5 Å². The van der Waals surface area contributed by atoms with Gasteiger partial charge >= 0.3 is 0 Å². The van der Waals surface area contributed by atoms with Crippen LogP contribution in [0.3, 0.4) is 0 Å². The Kier molecular flexibility index (Phi) is 12.9. The second-order valence-electron chi connectivity index (χ2n) is 8.34. The van der Waals surface area contributed by atoms with Crippen molar-refractivity contribution in [1.29, 1.82) is 0 Å². The van der Waals surface area contributed by atoms with E-state index in [0.29, 0.717) is 39.4 Å². The molecule has 8 heteroatoms. The van der Waals surface area contributed by atoms with Gasteiger partial charge in [0, 0.05) is 13.1 Å². The first-order valence-electron chi connectivity index (χ1n) is 11.9. The predicted octanol–water partition coefficient (Wildman–Crippen LogP) is 1.39. The van der Waals surface area contributed by atoms with Crippen molar-refractivity contribution < 1.29 is 29.9 Å². The zero-order valence-electron chi connectivity index (χ0n) is 20.3. The molecule has 8 nitrogen and oxygen atoms in total. The molecule has 190 valence electrons. The van der Waals surface area contributed by atoms with E-state index < -0.39 is 12.2 Å². The number of ether oxygens (including phenoxy) is 2. The fourth-order valence-corrected chi connectivity index (χ4v) is 3.55.